The van der Waals surface area contributed by atoms with Crippen LogP contribution in [0.1, 0.15) is 0 Å². The summed E-state index contributed by atoms with van der Waals surface area (Å²) in [4.78, 5) is 28.4. The average molecular weight is 222 g/mol. The third-order valence-corrected chi connectivity index (χ3v) is 0.701. The predicted octanol–water partition coefficient (Wildman–Crippen LogP) is -2.15. The number of carbonyl (C=O) groups excluding carboxylic acids is 3. The van der Waals surface area contributed by atoms with Crippen molar-refractivity contribution < 1.29 is 14.4 Å². The predicted molar refractivity (Wildman–Crippen MR) is 55.9 cm³/mol. The molecule has 15 heavy (non-hydrogen) atoms. The van der Waals surface area contributed by atoms with Crippen LogP contribution in [-0.2, 0) is 0 Å². The van der Waals surface area contributed by atoms with Crippen LogP contribution in [0, 0.1) is 0 Å². The Labute approximate surface area is 87.7 Å². The lowest BCUT2D eigenvalue weighted by Crippen LogP contribution is -2.28. The number of primary amides is 3. The van der Waals surface area contributed by atoms with E-state index < -0.39 is 12.1 Å². The van der Waals surface area contributed by atoms with Crippen LogP contribution in [0.15, 0.2) is 0 Å². The molecule has 0 spiro atoms. The van der Waals surface area contributed by atoms with E-state index in [1.54, 1.807) is 14.1 Å². The number of amides is 6. The molecule has 6 amide bonds. The van der Waals surface area contributed by atoms with Crippen molar-refractivity contribution >= 4 is 18.1 Å². The molecular weight excluding hydrogens is 204 g/mol. The first-order chi connectivity index (χ1) is 6.81. The molecule has 9 N–H and O–H groups in total. The van der Waals surface area contributed by atoms with Crippen molar-refractivity contribution in [3.8, 4) is 0 Å². The molecule has 0 aromatic rings. The molecule has 90 valence electrons. The van der Waals surface area contributed by atoms with Gasteiger partial charge in [0.1, 0.15) is 0 Å². The van der Waals surface area contributed by atoms with Crippen LogP contribution < -0.4 is 33.2 Å². The number of urea groups is 3. The van der Waals surface area contributed by atoms with Gasteiger partial charge < -0.3 is 33.2 Å². The largest absolute Gasteiger partial charge is 0.352 e. The van der Waals surface area contributed by atoms with Gasteiger partial charge in [-0.3, -0.25) is 0 Å². The molecule has 0 saturated heterocycles. The Balaban J connectivity index is -0.000000147. The van der Waals surface area contributed by atoms with E-state index >= 15 is 0 Å². The summed E-state index contributed by atoms with van der Waals surface area (Å²) in [6.45, 7) is 0. The zero-order valence-electron chi connectivity index (χ0n) is 8.96. The maximum atomic E-state index is 9.96. The van der Waals surface area contributed by atoms with E-state index in [1.807, 2.05) is 0 Å². The van der Waals surface area contributed by atoms with Gasteiger partial charge in [-0.1, -0.05) is 0 Å². The van der Waals surface area contributed by atoms with Crippen LogP contribution in [0.4, 0.5) is 14.4 Å². The Bertz CT molecular complexity index is 185. The maximum absolute atomic E-state index is 9.96. The third-order valence-electron chi connectivity index (χ3n) is 0.701. The first kappa shape index (κ1) is 18.6. The van der Waals surface area contributed by atoms with Crippen molar-refractivity contribution in [1.29, 1.82) is 0 Å². The van der Waals surface area contributed by atoms with E-state index in [9.17, 15) is 9.59 Å². The highest BCUT2D eigenvalue weighted by molar-refractivity contribution is 5.72. The van der Waals surface area contributed by atoms with Gasteiger partial charge in [0.25, 0.3) is 0 Å². The molecule has 0 saturated carbocycles. The fraction of sp³-hybridized carbons (Fsp3) is 0.500. The number of hydrogen-bond acceptors (Lipinski definition) is 3. The van der Waals surface area contributed by atoms with E-state index in [4.69, 9.17) is 4.79 Å². The van der Waals surface area contributed by atoms with Gasteiger partial charge in [-0.05, 0) is 0 Å². The quantitative estimate of drug-likeness (QED) is 0.275. The number of nitrogens with one attached hydrogen (secondary N) is 3. The monoisotopic (exact) mass is 222 g/mol. The van der Waals surface area contributed by atoms with Crippen molar-refractivity contribution in [2.45, 2.75) is 0 Å². The molecule has 0 aromatic carbocycles. The van der Waals surface area contributed by atoms with Crippen molar-refractivity contribution in [1.82, 2.24) is 16.0 Å². The molecule has 0 aliphatic carbocycles. The summed E-state index contributed by atoms with van der Waals surface area (Å²) < 4.78 is 0. The average Bonchev–Trinajstić information content (AvgIpc) is 2.16. The lowest BCUT2D eigenvalue weighted by Gasteiger charge is -1.91. The standard InChI is InChI=1S/C3H8N2O.C2H6N2O.CH4N2O/c1-4-3(6)5-2;1-4-2(3)5;2-1(3)4/h1-2H3,(H2,4,5,6);1H3,(H3,3,4,5);(H4,2,3,4). The minimum Gasteiger partial charge on any atom is -0.352 e. The van der Waals surface area contributed by atoms with Crippen molar-refractivity contribution in [3.63, 3.8) is 0 Å². The highest BCUT2D eigenvalue weighted by Gasteiger charge is 1.81. The molecule has 0 heterocycles. The van der Waals surface area contributed by atoms with Crippen molar-refractivity contribution in [3.05, 3.63) is 0 Å². The first-order valence-corrected chi connectivity index (χ1v) is 3.73. The molecule has 0 aliphatic rings. The molecule has 0 radical (unpaired) electrons. The summed E-state index contributed by atoms with van der Waals surface area (Å²) in [5, 5.41) is 6.90. The molecular formula is C6H18N6O3. The Morgan fingerprint density at radius 3 is 1.00 bits per heavy atom. The van der Waals surface area contributed by atoms with Gasteiger partial charge in [0.2, 0.25) is 0 Å². The van der Waals surface area contributed by atoms with E-state index in [1.165, 1.54) is 7.05 Å². The molecule has 0 atom stereocenters. The van der Waals surface area contributed by atoms with Crippen LogP contribution >= 0.6 is 0 Å². The maximum Gasteiger partial charge on any atom is 0.314 e. The van der Waals surface area contributed by atoms with Crippen molar-refractivity contribution in [2.24, 2.45) is 17.2 Å². The van der Waals surface area contributed by atoms with Crippen LogP contribution in [-0.4, -0.2) is 39.2 Å². The minimum atomic E-state index is -0.833. The Morgan fingerprint density at radius 2 is 1.00 bits per heavy atom. The second-order valence-corrected chi connectivity index (χ2v) is 1.85. The molecule has 9 nitrogen and oxygen atoms in total. The van der Waals surface area contributed by atoms with E-state index in [-0.39, 0.29) is 6.03 Å². The van der Waals surface area contributed by atoms with Gasteiger partial charge in [0.15, 0.2) is 0 Å². The molecule has 0 rings (SSSR count). The minimum absolute atomic E-state index is 0.157. The highest BCUT2D eigenvalue weighted by Crippen LogP contribution is 1.48. The molecule has 0 fully saturated rings. The normalized spacial score (nSPS) is 6.60. The van der Waals surface area contributed by atoms with Gasteiger partial charge in [0.05, 0.1) is 0 Å². The fourth-order valence-corrected chi connectivity index (χ4v) is 0.125. The third kappa shape index (κ3) is 78.3. The second-order valence-electron chi connectivity index (χ2n) is 1.85. The summed E-state index contributed by atoms with van der Waals surface area (Å²) in [6.07, 6.45) is 0. The topological polar surface area (TPSA) is 165 Å². The summed E-state index contributed by atoms with van der Waals surface area (Å²) >= 11 is 0. The highest BCUT2D eigenvalue weighted by atomic mass is 16.2. The molecule has 9 heteroatoms. The zero-order valence-corrected chi connectivity index (χ0v) is 8.96. The Hall–Kier alpha value is -2.19. The second kappa shape index (κ2) is 14.3. The van der Waals surface area contributed by atoms with Gasteiger partial charge >= 0.3 is 18.1 Å². The van der Waals surface area contributed by atoms with Crippen LogP contribution in [0.25, 0.3) is 0 Å². The van der Waals surface area contributed by atoms with E-state index in [2.05, 4.69) is 33.2 Å². The fourth-order valence-electron chi connectivity index (χ4n) is 0.125. The smallest absolute Gasteiger partial charge is 0.314 e. The summed E-state index contributed by atoms with van der Waals surface area (Å²) in [6, 6.07) is -1.49. The summed E-state index contributed by atoms with van der Waals surface area (Å²) in [7, 11) is 4.61. The SMILES string of the molecule is CNC(=O)NC.CNC(N)=O.NC(N)=O. The van der Waals surface area contributed by atoms with Crippen LogP contribution in [0.2, 0.25) is 0 Å². The number of rotatable bonds is 0. The number of hydrogen-bond donors (Lipinski definition) is 6. The summed E-state index contributed by atoms with van der Waals surface area (Å²) in [5.74, 6) is 0. The van der Waals surface area contributed by atoms with E-state index in [0.29, 0.717) is 0 Å². The lowest BCUT2D eigenvalue weighted by molar-refractivity contribution is 0.244. The zero-order chi connectivity index (χ0) is 12.9. The molecule has 0 unspecified atom stereocenters. The Morgan fingerprint density at radius 1 is 0.800 bits per heavy atom. The first-order valence-electron chi connectivity index (χ1n) is 3.73. The van der Waals surface area contributed by atoms with Gasteiger partial charge in [0, 0.05) is 21.1 Å². The van der Waals surface area contributed by atoms with Crippen LogP contribution in [0.3, 0.4) is 0 Å². The molecule has 0 bridgehead atoms. The van der Waals surface area contributed by atoms with Gasteiger partial charge in [-0.2, -0.15) is 0 Å². The van der Waals surface area contributed by atoms with E-state index in [0.717, 1.165) is 0 Å². The van der Waals surface area contributed by atoms with Crippen molar-refractivity contribution in [2.75, 3.05) is 21.1 Å². The van der Waals surface area contributed by atoms with Gasteiger partial charge in [-0.15, -0.1) is 0 Å². The van der Waals surface area contributed by atoms with Crippen LogP contribution in [0.5, 0.6) is 0 Å². The van der Waals surface area contributed by atoms with Gasteiger partial charge in [-0.25, -0.2) is 14.4 Å². The molecule has 0 aromatic heterocycles. The number of nitrogens with two attached hydrogens (primary N) is 3. The summed E-state index contributed by atoms with van der Waals surface area (Å²) in [5.41, 5.74) is 13.0. The molecule has 0 aliphatic heterocycles. The Kier molecular flexibility index (Phi) is 17.7. The lowest BCUT2D eigenvalue weighted by atomic mass is 11.0. The number of carbonyl (C=O) groups is 3.